The molecule has 3 nitrogen and oxygen atoms in total. The Kier molecular flexibility index (Phi) is 3.38. The van der Waals surface area contributed by atoms with E-state index in [0.29, 0.717) is 0 Å². The Hall–Kier alpha value is -2.00. The third-order valence-electron chi connectivity index (χ3n) is 3.71. The van der Waals surface area contributed by atoms with Crippen LogP contribution in [0.2, 0.25) is 5.02 Å². The summed E-state index contributed by atoms with van der Waals surface area (Å²) in [4.78, 5) is 8.92. The van der Waals surface area contributed by atoms with E-state index in [-0.39, 0.29) is 0 Å². The maximum Gasteiger partial charge on any atom is 0.0745 e. The number of pyridine rings is 1. The van der Waals surface area contributed by atoms with E-state index in [9.17, 15) is 0 Å². The molecule has 1 heterocycles. The van der Waals surface area contributed by atoms with E-state index in [2.05, 4.69) is 34.1 Å². The molecule has 0 fully saturated rings. The van der Waals surface area contributed by atoms with Gasteiger partial charge in [0.05, 0.1) is 16.1 Å². The van der Waals surface area contributed by atoms with Gasteiger partial charge in [-0.3, -0.25) is 0 Å². The van der Waals surface area contributed by atoms with Gasteiger partial charge in [0.1, 0.15) is 0 Å². The van der Waals surface area contributed by atoms with Crippen molar-refractivity contribution in [3.8, 4) is 0 Å². The molecule has 3 rings (SSSR count). The van der Waals surface area contributed by atoms with Crippen LogP contribution in [0.3, 0.4) is 0 Å². The van der Waals surface area contributed by atoms with Crippen molar-refractivity contribution in [3.63, 3.8) is 0 Å². The minimum atomic E-state index is 0.769. The molecule has 4 heteroatoms. The lowest BCUT2D eigenvalue weighted by molar-refractivity contribution is 1.13. The molecule has 3 aromatic rings. The number of nitrogens with zero attached hydrogens (tertiary/aromatic N) is 3. The molecule has 0 aliphatic heterocycles. The first kappa shape index (κ1) is 14.0. The maximum absolute atomic E-state index is 6.57. The van der Waals surface area contributed by atoms with Crippen LogP contribution in [0.5, 0.6) is 0 Å². The number of hydrogen-bond donors (Lipinski definition) is 0. The lowest BCUT2D eigenvalue weighted by Gasteiger charge is -2.15. The first-order valence-corrected chi connectivity index (χ1v) is 7.23. The molecule has 0 unspecified atom stereocenters. The van der Waals surface area contributed by atoms with Gasteiger partial charge in [0.2, 0.25) is 0 Å². The van der Waals surface area contributed by atoms with Gasteiger partial charge < -0.3 is 9.80 Å². The summed E-state index contributed by atoms with van der Waals surface area (Å²) in [5.41, 5.74) is 4.09. The highest BCUT2D eigenvalue weighted by Crippen LogP contribution is 2.33. The molecule has 21 heavy (non-hydrogen) atoms. The van der Waals surface area contributed by atoms with Gasteiger partial charge in [-0.05, 0) is 36.4 Å². The highest BCUT2D eigenvalue weighted by molar-refractivity contribution is 6.40. The summed E-state index contributed by atoms with van der Waals surface area (Å²) in [6, 6.07) is 12.4. The quantitative estimate of drug-likeness (QED) is 0.662. The second-order valence-electron chi connectivity index (χ2n) is 5.62. The van der Waals surface area contributed by atoms with Gasteiger partial charge in [-0.15, -0.1) is 0 Å². The molecule has 0 amide bonds. The summed E-state index contributed by atoms with van der Waals surface area (Å²) in [5, 5.41) is 2.75. The maximum atomic E-state index is 6.57. The molecule has 0 aliphatic carbocycles. The second-order valence-corrected chi connectivity index (χ2v) is 6.00. The number of halogens is 1. The monoisotopic (exact) mass is 299 g/mol. The third kappa shape index (κ3) is 2.38. The number of hydrogen-bond acceptors (Lipinski definition) is 3. The summed E-state index contributed by atoms with van der Waals surface area (Å²) in [5.74, 6) is 0. The van der Waals surface area contributed by atoms with Crippen molar-refractivity contribution in [2.45, 2.75) is 0 Å². The number of fused-ring (bicyclic) bond motifs is 2. The fraction of sp³-hybridized carbons (Fsp3) is 0.235. The van der Waals surface area contributed by atoms with Gasteiger partial charge >= 0.3 is 0 Å². The molecule has 0 bridgehead atoms. The number of anilines is 2. The van der Waals surface area contributed by atoms with E-state index >= 15 is 0 Å². The number of rotatable bonds is 2. The summed E-state index contributed by atoms with van der Waals surface area (Å²) < 4.78 is 0. The lowest BCUT2D eigenvalue weighted by atomic mass is 10.1. The van der Waals surface area contributed by atoms with E-state index < -0.39 is 0 Å². The molecular weight excluding hydrogens is 282 g/mol. The lowest BCUT2D eigenvalue weighted by Crippen LogP contribution is -2.08. The van der Waals surface area contributed by atoms with E-state index in [1.807, 2.05) is 40.3 Å². The summed E-state index contributed by atoms with van der Waals surface area (Å²) >= 11 is 6.57. The minimum absolute atomic E-state index is 0.769. The van der Waals surface area contributed by atoms with E-state index in [1.165, 1.54) is 0 Å². The molecule has 0 spiro atoms. The van der Waals surface area contributed by atoms with Crippen molar-refractivity contribution < 1.29 is 0 Å². The Balaban J connectivity index is 2.32. The molecule has 0 N–H and O–H groups in total. The van der Waals surface area contributed by atoms with Gasteiger partial charge in [-0.1, -0.05) is 11.6 Å². The molecule has 0 atom stereocenters. The van der Waals surface area contributed by atoms with Crippen molar-refractivity contribution in [2.75, 3.05) is 38.0 Å². The molecule has 0 aliphatic rings. The topological polar surface area (TPSA) is 19.4 Å². The molecule has 1 aromatic heterocycles. The minimum Gasteiger partial charge on any atom is -0.378 e. The average Bonchev–Trinajstić information content (AvgIpc) is 2.46. The first-order valence-electron chi connectivity index (χ1n) is 6.85. The molecule has 0 radical (unpaired) electrons. The predicted molar refractivity (Wildman–Crippen MR) is 92.9 cm³/mol. The third-order valence-corrected chi connectivity index (χ3v) is 4.12. The Bertz CT molecular complexity index is 759. The zero-order chi connectivity index (χ0) is 15.1. The fourth-order valence-corrected chi connectivity index (χ4v) is 2.75. The number of aromatic nitrogens is 1. The van der Waals surface area contributed by atoms with Crippen LogP contribution in [-0.4, -0.2) is 33.2 Å². The van der Waals surface area contributed by atoms with Gasteiger partial charge in [0.25, 0.3) is 0 Å². The van der Waals surface area contributed by atoms with Crippen molar-refractivity contribution in [1.82, 2.24) is 4.98 Å². The van der Waals surface area contributed by atoms with Gasteiger partial charge in [-0.2, -0.15) is 0 Å². The zero-order valence-corrected chi connectivity index (χ0v) is 13.4. The Morgan fingerprint density at radius 1 is 0.762 bits per heavy atom. The molecule has 108 valence electrons. The Morgan fingerprint density at radius 2 is 1.19 bits per heavy atom. The van der Waals surface area contributed by atoms with Crippen molar-refractivity contribution in [2.24, 2.45) is 0 Å². The smallest absolute Gasteiger partial charge is 0.0745 e. The number of benzene rings is 2. The highest BCUT2D eigenvalue weighted by Gasteiger charge is 2.09. The predicted octanol–water partition coefficient (Wildman–Crippen LogP) is 4.17. The van der Waals surface area contributed by atoms with Crippen LogP contribution < -0.4 is 9.80 Å². The molecule has 0 saturated heterocycles. The van der Waals surface area contributed by atoms with Gasteiger partial charge in [-0.25, -0.2) is 4.98 Å². The normalized spacial score (nSPS) is 11.1. The first-order chi connectivity index (χ1) is 9.97. The average molecular weight is 300 g/mol. The largest absolute Gasteiger partial charge is 0.378 e. The summed E-state index contributed by atoms with van der Waals surface area (Å²) in [7, 11) is 8.09. The van der Waals surface area contributed by atoms with Crippen LogP contribution in [0.25, 0.3) is 21.8 Å². The molecule has 0 saturated carbocycles. The van der Waals surface area contributed by atoms with Crippen LogP contribution in [0.15, 0.2) is 36.4 Å². The van der Waals surface area contributed by atoms with Crippen LogP contribution >= 0.6 is 11.6 Å². The van der Waals surface area contributed by atoms with Crippen LogP contribution in [0.1, 0.15) is 0 Å². The molecule has 2 aromatic carbocycles. The Morgan fingerprint density at radius 3 is 1.57 bits per heavy atom. The highest BCUT2D eigenvalue weighted by atomic mass is 35.5. The van der Waals surface area contributed by atoms with E-state index in [4.69, 9.17) is 16.6 Å². The van der Waals surface area contributed by atoms with E-state index in [1.54, 1.807) is 0 Å². The zero-order valence-electron chi connectivity index (χ0n) is 12.7. The van der Waals surface area contributed by atoms with Crippen molar-refractivity contribution >= 4 is 44.8 Å². The van der Waals surface area contributed by atoms with Crippen molar-refractivity contribution in [1.29, 1.82) is 0 Å². The standard InChI is InChI=1S/C17H18ClN3/c1-20(2)11-5-7-13-15(9-11)19-16-10-12(21(3)4)6-8-14(16)17(13)18/h5-10H,1-4H3. The second kappa shape index (κ2) is 5.08. The fourth-order valence-electron chi connectivity index (χ4n) is 2.43. The summed E-state index contributed by atoms with van der Waals surface area (Å²) in [6.07, 6.45) is 0. The van der Waals surface area contributed by atoms with Crippen LogP contribution in [0.4, 0.5) is 11.4 Å². The Labute approximate surface area is 129 Å². The van der Waals surface area contributed by atoms with Gasteiger partial charge in [0.15, 0.2) is 0 Å². The van der Waals surface area contributed by atoms with Crippen LogP contribution in [0, 0.1) is 0 Å². The van der Waals surface area contributed by atoms with E-state index in [0.717, 1.165) is 38.2 Å². The molecular formula is C17H18ClN3. The summed E-state index contributed by atoms with van der Waals surface area (Å²) in [6.45, 7) is 0. The van der Waals surface area contributed by atoms with Crippen molar-refractivity contribution in [3.05, 3.63) is 41.4 Å². The SMILES string of the molecule is CN(C)c1ccc2c(Cl)c3ccc(N(C)C)cc3nc2c1. The van der Waals surface area contributed by atoms with Gasteiger partial charge in [0, 0.05) is 50.3 Å². The van der Waals surface area contributed by atoms with Crippen LogP contribution in [-0.2, 0) is 0 Å².